The number of nitrogens with one attached hydrogen (secondary N) is 2. The van der Waals surface area contributed by atoms with Gasteiger partial charge < -0.3 is 11.1 Å². The van der Waals surface area contributed by atoms with Crippen molar-refractivity contribution in [3.8, 4) is 11.1 Å². The second-order valence-corrected chi connectivity index (χ2v) is 8.05. The number of benzene rings is 3. The van der Waals surface area contributed by atoms with E-state index >= 15 is 0 Å². The summed E-state index contributed by atoms with van der Waals surface area (Å²) >= 11 is 0. The maximum Gasteiger partial charge on any atom is 0.238 e. The van der Waals surface area contributed by atoms with Crippen molar-refractivity contribution in [2.45, 2.75) is 11.3 Å². The molecule has 0 heterocycles. The molecule has 7 nitrogen and oxygen atoms in total. The van der Waals surface area contributed by atoms with E-state index in [9.17, 15) is 13.2 Å². The highest BCUT2D eigenvalue weighted by Crippen LogP contribution is 2.23. The molecule has 0 aromatic heterocycles. The summed E-state index contributed by atoms with van der Waals surface area (Å²) in [7, 11) is -3.77. The highest BCUT2D eigenvalue weighted by molar-refractivity contribution is 7.89. The average Bonchev–Trinajstić information content (AvgIpc) is 2.68. The van der Waals surface area contributed by atoms with Gasteiger partial charge in [0.25, 0.3) is 0 Å². The summed E-state index contributed by atoms with van der Waals surface area (Å²) in [6, 6.07) is 20.4. The summed E-state index contributed by atoms with van der Waals surface area (Å²) in [5, 5.41) is 15.4. The Kier molecular flexibility index (Phi) is 5.76. The van der Waals surface area contributed by atoms with Gasteiger partial charge in [-0.1, -0.05) is 48.5 Å². The summed E-state index contributed by atoms with van der Waals surface area (Å²) in [5.41, 5.74) is 8.97. The van der Waals surface area contributed by atoms with Crippen LogP contribution in [0.1, 0.15) is 11.1 Å². The largest absolute Gasteiger partial charge is 0.384 e. The minimum Gasteiger partial charge on any atom is -0.384 e. The third kappa shape index (κ3) is 5.28. The van der Waals surface area contributed by atoms with E-state index in [1.54, 1.807) is 60.7 Å². The Balaban J connectivity index is 1.67. The van der Waals surface area contributed by atoms with Crippen LogP contribution in [0, 0.1) is 5.41 Å². The van der Waals surface area contributed by atoms with Gasteiger partial charge in [-0.25, -0.2) is 13.6 Å². The van der Waals surface area contributed by atoms with E-state index in [-0.39, 0.29) is 23.1 Å². The molecule has 0 radical (unpaired) electrons. The first kappa shape index (κ1) is 20.2. The van der Waals surface area contributed by atoms with E-state index in [4.69, 9.17) is 16.3 Å². The lowest BCUT2D eigenvalue weighted by Crippen LogP contribution is -2.15. The van der Waals surface area contributed by atoms with Crippen LogP contribution < -0.4 is 16.2 Å². The van der Waals surface area contributed by atoms with Crippen LogP contribution in [0.2, 0.25) is 0 Å². The quantitative estimate of drug-likeness (QED) is 0.367. The third-order valence-electron chi connectivity index (χ3n) is 4.29. The summed E-state index contributed by atoms with van der Waals surface area (Å²) in [6.45, 7) is 0. The van der Waals surface area contributed by atoms with Gasteiger partial charge in [-0.15, -0.1) is 0 Å². The van der Waals surface area contributed by atoms with Crippen LogP contribution in [0.25, 0.3) is 11.1 Å². The molecule has 0 aliphatic rings. The van der Waals surface area contributed by atoms with Crippen molar-refractivity contribution in [3.63, 3.8) is 0 Å². The SMILES string of the molecule is N=C(N)c1ccc(CC(=O)Nc2ccc(-c3cccc(S(N)(=O)=O)c3)cc2)cc1. The van der Waals surface area contributed by atoms with E-state index < -0.39 is 10.0 Å². The van der Waals surface area contributed by atoms with Crippen molar-refractivity contribution in [1.29, 1.82) is 5.41 Å². The predicted molar refractivity (Wildman–Crippen MR) is 113 cm³/mol. The van der Waals surface area contributed by atoms with Crippen LogP contribution in [0.3, 0.4) is 0 Å². The number of amides is 1. The van der Waals surface area contributed by atoms with Gasteiger partial charge in [-0.3, -0.25) is 10.2 Å². The number of anilines is 1. The Labute approximate surface area is 168 Å². The summed E-state index contributed by atoms with van der Waals surface area (Å²) < 4.78 is 23.0. The molecule has 0 aliphatic heterocycles. The first-order chi connectivity index (χ1) is 13.7. The smallest absolute Gasteiger partial charge is 0.238 e. The Hall–Kier alpha value is -3.49. The van der Waals surface area contributed by atoms with Crippen LogP contribution in [-0.2, 0) is 21.2 Å². The zero-order valence-corrected chi connectivity index (χ0v) is 16.2. The van der Waals surface area contributed by atoms with Crippen molar-refractivity contribution < 1.29 is 13.2 Å². The fourth-order valence-electron chi connectivity index (χ4n) is 2.79. The van der Waals surface area contributed by atoms with Crippen LogP contribution >= 0.6 is 0 Å². The zero-order chi connectivity index (χ0) is 21.0. The van der Waals surface area contributed by atoms with E-state index in [1.165, 1.54) is 12.1 Å². The highest BCUT2D eigenvalue weighted by atomic mass is 32.2. The molecule has 0 atom stereocenters. The number of hydrogen-bond acceptors (Lipinski definition) is 4. The van der Waals surface area contributed by atoms with Gasteiger partial charge in [0.1, 0.15) is 5.84 Å². The number of sulfonamides is 1. The maximum absolute atomic E-state index is 12.3. The molecule has 148 valence electrons. The molecule has 8 heteroatoms. The molecule has 0 aliphatic carbocycles. The second kappa shape index (κ2) is 8.26. The Bertz CT molecular complexity index is 1160. The summed E-state index contributed by atoms with van der Waals surface area (Å²) in [4.78, 5) is 12.3. The lowest BCUT2D eigenvalue weighted by molar-refractivity contribution is -0.115. The molecule has 0 spiro atoms. The number of rotatable bonds is 6. The van der Waals surface area contributed by atoms with Crippen molar-refractivity contribution in [2.24, 2.45) is 10.9 Å². The van der Waals surface area contributed by atoms with Crippen LogP contribution in [-0.4, -0.2) is 20.2 Å². The van der Waals surface area contributed by atoms with Gasteiger partial charge in [0.2, 0.25) is 15.9 Å². The van der Waals surface area contributed by atoms with E-state index in [1.807, 2.05) is 0 Å². The molecule has 0 bridgehead atoms. The molecule has 0 saturated carbocycles. The lowest BCUT2D eigenvalue weighted by atomic mass is 10.1. The number of carbonyl (C=O) groups is 1. The molecule has 3 aromatic carbocycles. The number of hydrogen-bond donors (Lipinski definition) is 4. The third-order valence-corrected chi connectivity index (χ3v) is 5.21. The van der Waals surface area contributed by atoms with Crippen LogP contribution in [0.15, 0.2) is 77.7 Å². The van der Waals surface area contributed by atoms with Gasteiger partial charge in [0.15, 0.2) is 0 Å². The van der Waals surface area contributed by atoms with Gasteiger partial charge in [0.05, 0.1) is 11.3 Å². The monoisotopic (exact) mass is 408 g/mol. The number of primary sulfonamides is 1. The van der Waals surface area contributed by atoms with E-state index in [0.29, 0.717) is 16.8 Å². The van der Waals surface area contributed by atoms with Crippen molar-refractivity contribution >= 4 is 27.5 Å². The van der Waals surface area contributed by atoms with E-state index in [2.05, 4.69) is 5.32 Å². The van der Waals surface area contributed by atoms with Gasteiger partial charge >= 0.3 is 0 Å². The maximum atomic E-state index is 12.3. The molecule has 0 unspecified atom stereocenters. The molecular weight excluding hydrogens is 388 g/mol. The molecule has 6 N–H and O–H groups in total. The summed E-state index contributed by atoms with van der Waals surface area (Å²) in [6.07, 6.45) is 0.191. The zero-order valence-electron chi connectivity index (χ0n) is 15.4. The highest BCUT2D eigenvalue weighted by Gasteiger charge is 2.09. The first-order valence-electron chi connectivity index (χ1n) is 8.69. The fourth-order valence-corrected chi connectivity index (χ4v) is 3.35. The number of nitrogen functional groups attached to an aromatic ring is 1. The lowest BCUT2D eigenvalue weighted by Gasteiger charge is -2.08. The average molecular weight is 408 g/mol. The van der Waals surface area contributed by atoms with Gasteiger partial charge in [-0.2, -0.15) is 0 Å². The minimum atomic E-state index is -3.77. The molecule has 0 fully saturated rings. The number of amidine groups is 1. The molecule has 3 rings (SSSR count). The minimum absolute atomic E-state index is 0.0179. The molecule has 29 heavy (non-hydrogen) atoms. The Morgan fingerprint density at radius 1 is 0.931 bits per heavy atom. The molecule has 1 amide bonds. The topological polar surface area (TPSA) is 139 Å². The van der Waals surface area contributed by atoms with Crippen molar-refractivity contribution in [2.75, 3.05) is 5.32 Å². The number of carbonyl (C=O) groups excluding carboxylic acids is 1. The summed E-state index contributed by atoms with van der Waals surface area (Å²) in [5.74, 6) is -0.194. The van der Waals surface area contributed by atoms with E-state index in [0.717, 1.165) is 11.1 Å². The Morgan fingerprint density at radius 2 is 1.59 bits per heavy atom. The Morgan fingerprint density at radius 3 is 2.17 bits per heavy atom. The van der Waals surface area contributed by atoms with Crippen LogP contribution in [0.4, 0.5) is 5.69 Å². The molecule has 0 saturated heterocycles. The fraction of sp³-hybridized carbons (Fsp3) is 0.0476. The molecular formula is C21H20N4O3S. The van der Waals surface area contributed by atoms with Crippen LogP contribution in [0.5, 0.6) is 0 Å². The van der Waals surface area contributed by atoms with Gasteiger partial charge in [0, 0.05) is 11.3 Å². The second-order valence-electron chi connectivity index (χ2n) is 6.49. The first-order valence-corrected chi connectivity index (χ1v) is 10.2. The standard InChI is InChI=1S/C21H20N4O3S/c22-21(23)16-6-4-14(5-7-16)12-20(26)25-18-10-8-15(9-11-18)17-2-1-3-19(13-17)29(24,27)28/h1-11,13H,12H2,(H3,22,23)(H,25,26)(H2,24,27,28). The molecule has 3 aromatic rings. The predicted octanol–water partition coefficient (Wildman–Crippen LogP) is 2.47. The van der Waals surface area contributed by atoms with Gasteiger partial charge in [-0.05, 0) is 41.0 Å². The van der Waals surface area contributed by atoms with Crippen molar-refractivity contribution in [3.05, 3.63) is 83.9 Å². The van der Waals surface area contributed by atoms with Crippen molar-refractivity contribution in [1.82, 2.24) is 0 Å². The normalized spacial score (nSPS) is 11.1. The number of nitrogens with two attached hydrogens (primary N) is 2.